The maximum Gasteiger partial charge on any atom is 0.124 e. The minimum atomic E-state index is -0.255. The van der Waals surface area contributed by atoms with Crippen LogP contribution in [0.25, 0.3) is 0 Å². The maximum absolute atomic E-state index is 13.0. The van der Waals surface area contributed by atoms with E-state index in [1.807, 2.05) is 6.07 Å². The first-order valence-electron chi connectivity index (χ1n) is 4.53. The Kier molecular flexibility index (Phi) is 4.91. The van der Waals surface area contributed by atoms with Gasteiger partial charge < -0.3 is 0 Å². The Morgan fingerprint density at radius 1 is 1.29 bits per heavy atom. The molecule has 90 valence electrons. The molecule has 0 aliphatic rings. The zero-order valence-electron chi connectivity index (χ0n) is 8.18. The van der Waals surface area contributed by atoms with Crippen molar-refractivity contribution in [1.29, 1.82) is 0 Å². The Hall–Kier alpha value is 0.830. The van der Waals surface area contributed by atoms with Crippen LogP contribution in [0.2, 0.25) is 0 Å². The largest absolute Gasteiger partial charge is 0.207 e. The quantitative estimate of drug-likeness (QED) is 0.327. The van der Waals surface area contributed by atoms with Crippen molar-refractivity contribution in [1.82, 2.24) is 0 Å². The maximum atomic E-state index is 13.0. The van der Waals surface area contributed by atoms with E-state index >= 15 is 0 Å². The number of rotatable bonds is 2. The summed E-state index contributed by atoms with van der Waals surface area (Å²) in [6.45, 7) is 0. The number of hydrogen-bond acceptors (Lipinski definition) is 1. The van der Waals surface area contributed by atoms with Crippen LogP contribution in [0.15, 0.2) is 32.5 Å². The molecule has 0 saturated carbocycles. The fraction of sp³-hybridized carbons (Fsp3) is 0.0909. The van der Waals surface area contributed by atoms with E-state index in [9.17, 15) is 4.39 Å². The number of halogens is 5. The molecular weight excluding hydrogens is 505 g/mol. The molecular formula is C11H5Br2ClFIS. The normalized spacial score (nSPS) is 12.8. The molecule has 0 bridgehead atoms. The average Bonchev–Trinajstić information content (AvgIpc) is 2.58. The molecule has 0 aliphatic heterocycles. The van der Waals surface area contributed by atoms with Gasteiger partial charge in [-0.05, 0) is 78.2 Å². The first-order chi connectivity index (χ1) is 7.99. The molecule has 17 heavy (non-hydrogen) atoms. The van der Waals surface area contributed by atoms with E-state index in [1.165, 1.54) is 12.1 Å². The summed E-state index contributed by atoms with van der Waals surface area (Å²) in [5.74, 6) is -0.240. The third kappa shape index (κ3) is 3.23. The lowest BCUT2D eigenvalue weighted by Gasteiger charge is -2.09. The molecule has 0 amide bonds. The van der Waals surface area contributed by atoms with Gasteiger partial charge in [0.25, 0.3) is 0 Å². The second kappa shape index (κ2) is 5.86. The molecule has 0 fully saturated rings. The molecule has 0 nitrogen and oxygen atoms in total. The molecule has 6 heteroatoms. The van der Waals surface area contributed by atoms with Crippen LogP contribution in [0.5, 0.6) is 0 Å². The van der Waals surface area contributed by atoms with E-state index in [1.54, 1.807) is 17.4 Å². The number of benzene rings is 1. The highest BCUT2D eigenvalue weighted by atomic mass is 127. The van der Waals surface area contributed by atoms with Gasteiger partial charge in [0.15, 0.2) is 0 Å². The molecule has 0 N–H and O–H groups in total. The van der Waals surface area contributed by atoms with E-state index in [0.29, 0.717) is 0 Å². The fourth-order valence-electron chi connectivity index (χ4n) is 1.35. The van der Waals surface area contributed by atoms with Gasteiger partial charge in [-0.3, -0.25) is 0 Å². The summed E-state index contributed by atoms with van der Waals surface area (Å²) in [7, 11) is 0. The minimum Gasteiger partial charge on any atom is -0.207 e. The summed E-state index contributed by atoms with van der Waals surface area (Å²) < 4.78 is 15.9. The second-order valence-electron chi connectivity index (χ2n) is 3.30. The topological polar surface area (TPSA) is 0 Å². The molecule has 0 saturated heterocycles. The van der Waals surface area contributed by atoms with Crippen molar-refractivity contribution in [3.8, 4) is 0 Å². The highest BCUT2D eigenvalue weighted by Crippen LogP contribution is 2.41. The molecule has 0 aliphatic carbocycles. The standard InChI is InChI=1S/C11H5Br2ClFIS/c12-7-4-9(17-11(7)13)10(14)6-2-1-5(15)3-8(6)16/h1-4,10H. The molecule has 1 aromatic carbocycles. The zero-order valence-corrected chi connectivity index (χ0v) is 15.1. The van der Waals surface area contributed by atoms with Crippen molar-refractivity contribution in [3.05, 3.63) is 52.4 Å². The first-order valence-corrected chi connectivity index (χ1v) is 8.44. The summed E-state index contributed by atoms with van der Waals surface area (Å²) >= 11 is 17.0. The van der Waals surface area contributed by atoms with Gasteiger partial charge in [-0.1, -0.05) is 6.07 Å². The fourth-order valence-corrected chi connectivity index (χ4v) is 4.79. The first kappa shape index (κ1) is 14.2. The van der Waals surface area contributed by atoms with Crippen LogP contribution in [0.4, 0.5) is 4.39 Å². The van der Waals surface area contributed by atoms with Crippen molar-refractivity contribution in [2.45, 2.75) is 5.38 Å². The minimum absolute atomic E-state index is 0.240. The van der Waals surface area contributed by atoms with Crippen LogP contribution in [0.1, 0.15) is 15.8 Å². The van der Waals surface area contributed by atoms with E-state index in [0.717, 1.165) is 22.3 Å². The van der Waals surface area contributed by atoms with E-state index < -0.39 is 0 Å². The van der Waals surface area contributed by atoms with Crippen molar-refractivity contribution in [2.75, 3.05) is 0 Å². The molecule has 0 radical (unpaired) electrons. The van der Waals surface area contributed by atoms with Gasteiger partial charge in [0.2, 0.25) is 0 Å². The third-order valence-corrected chi connectivity index (χ3v) is 7.00. The highest BCUT2D eigenvalue weighted by molar-refractivity contribution is 14.1. The van der Waals surface area contributed by atoms with E-state index in [-0.39, 0.29) is 11.2 Å². The Morgan fingerprint density at radius 3 is 2.53 bits per heavy atom. The highest BCUT2D eigenvalue weighted by Gasteiger charge is 2.18. The average molecular weight is 510 g/mol. The third-order valence-electron chi connectivity index (χ3n) is 2.15. The van der Waals surface area contributed by atoms with Gasteiger partial charge in [-0.2, -0.15) is 0 Å². The van der Waals surface area contributed by atoms with Gasteiger partial charge in [-0.25, -0.2) is 4.39 Å². The van der Waals surface area contributed by atoms with Gasteiger partial charge in [0, 0.05) is 12.9 Å². The molecule has 2 rings (SSSR count). The molecule has 1 atom stereocenters. The zero-order chi connectivity index (χ0) is 12.6. The summed E-state index contributed by atoms with van der Waals surface area (Å²) in [4.78, 5) is 1.02. The predicted molar refractivity (Wildman–Crippen MR) is 86.5 cm³/mol. The monoisotopic (exact) mass is 508 g/mol. The molecule has 1 heterocycles. The summed E-state index contributed by atoms with van der Waals surface area (Å²) in [5.41, 5.74) is 0.926. The van der Waals surface area contributed by atoms with E-state index in [4.69, 9.17) is 11.6 Å². The summed E-state index contributed by atoms with van der Waals surface area (Å²) in [5, 5.41) is -0.255. The van der Waals surface area contributed by atoms with Gasteiger partial charge >= 0.3 is 0 Å². The Balaban J connectivity index is 2.39. The van der Waals surface area contributed by atoms with Crippen molar-refractivity contribution in [2.24, 2.45) is 0 Å². The van der Waals surface area contributed by atoms with Crippen molar-refractivity contribution in [3.63, 3.8) is 0 Å². The Labute approximate surface area is 138 Å². The number of thiophene rings is 1. The van der Waals surface area contributed by atoms with Crippen LogP contribution in [0.3, 0.4) is 0 Å². The Bertz CT molecular complexity index is 539. The lowest BCUT2D eigenvalue weighted by Crippen LogP contribution is -1.94. The SMILES string of the molecule is Fc1ccc(C(Cl)c2cc(Br)c(Br)s2)c(I)c1. The number of alkyl halides is 1. The van der Waals surface area contributed by atoms with E-state index in [2.05, 4.69) is 54.5 Å². The smallest absolute Gasteiger partial charge is 0.124 e. The summed E-state index contributed by atoms with van der Waals surface area (Å²) in [6.07, 6.45) is 0. The van der Waals surface area contributed by atoms with Gasteiger partial charge in [0.05, 0.1) is 9.16 Å². The van der Waals surface area contributed by atoms with Crippen LogP contribution in [-0.4, -0.2) is 0 Å². The lowest BCUT2D eigenvalue weighted by molar-refractivity contribution is 0.626. The second-order valence-corrected chi connectivity index (χ2v) is 8.15. The van der Waals surface area contributed by atoms with Crippen LogP contribution in [-0.2, 0) is 0 Å². The lowest BCUT2D eigenvalue weighted by atomic mass is 10.1. The molecule has 1 aromatic heterocycles. The van der Waals surface area contributed by atoms with Gasteiger partial charge in [0.1, 0.15) is 5.82 Å². The van der Waals surface area contributed by atoms with Crippen molar-refractivity contribution >= 4 is 77.4 Å². The Morgan fingerprint density at radius 2 is 2.00 bits per heavy atom. The van der Waals surface area contributed by atoms with Crippen molar-refractivity contribution < 1.29 is 4.39 Å². The predicted octanol–water partition coefficient (Wildman–Crippen LogP) is 6.35. The summed E-state index contributed by atoms with van der Waals surface area (Å²) in [6, 6.07) is 6.63. The number of hydrogen-bond donors (Lipinski definition) is 0. The van der Waals surface area contributed by atoms with Crippen LogP contribution in [0, 0.1) is 9.39 Å². The van der Waals surface area contributed by atoms with Gasteiger partial charge in [-0.15, -0.1) is 22.9 Å². The molecule has 2 aromatic rings. The molecule has 0 spiro atoms. The molecule has 1 unspecified atom stereocenters. The van der Waals surface area contributed by atoms with Crippen LogP contribution < -0.4 is 0 Å². The van der Waals surface area contributed by atoms with Crippen LogP contribution >= 0.6 is 77.4 Å².